The van der Waals surface area contributed by atoms with Crippen molar-refractivity contribution in [2.75, 3.05) is 0 Å². The maximum absolute atomic E-state index is 11.4. The van der Waals surface area contributed by atoms with Crippen LogP contribution >= 0.6 is 0 Å². The van der Waals surface area contributed by atoms with E-state index in [9.17, 15) is 24.1 Å². The minimum Gasteiger partial charge on any atom is -0.481 e. The molecule has 0 aliphatic heterocycles. The van der Waals surface area contributed by atoms with E-state index in [1.165, 1.54) is 0 Å². The van der Waals surface area contributed by atoms with Crippen LogP contribution in [0.3, 0.4) is 0 Å². The van der Waals surface area contributed by atoms with Gasteiger partial charge in [0.2, 0.25) is 5.91 Å². The summed E-state index contributed by atoms with van der Waals surface area (Å²) in [6.45, 7) is 0. The van der Waals surface area contributed by atoms with Crippen molar-refractivity contribution in [2.45, 2.75) is 25.0 Å². The third-order valence-corrected chi connectivity index (χ3v) is 1.94. The predicted molar refractivity (Wildman–Crippen MR) is 54.6 cm³/mol. The van der Waals surface area contributed by atoms with Crippen LogP contribution in [0.25, 0.3) is 0 Å². The van der Waals surface area contributed by atoms with Crippen molar-refractivity contribution in [1.29, 1.82) is 0 Å². The van der Waals surface area contributed by atoms with E-state index in [0.29, 0.717) is 0 Å². The van der Waals surface area contributed by atoms with Crippen LogP contribution in [0.2, 0.25) is 0 Å². The molecule has 0 fully saturated rings. The number of nitroso groups, excluding NO2 is 1. The van der Waals surface area contributed by atoms with Gasteiger partial charge in [0.15, 0.2) is 12.1 Å². The molecule has 0 aromatic carbocycles. The Labute approximate surface area is 105 Å². The number of hydrogen-bond acceptors (Lipinski definition) is 7. The fraction of sp³-hybridized carbons (Fsp3) is 0.500. The topological polar surface area (TPSA) is 182 Å². The molecule has 0 aliphatic rings. The average molecular weight is 278 g/mol. The van der Waals surface area contributed by atoms with Crippen LogP contribution in [0.15, 0.2) is 5.29 Å². The molecule has 2 unspecified atom stereocenters. The van der Waals surface area contributed by atoms with E-state index in [2.05, 4.69) is 5.29 Å². The summed E-state index contributed by atoms with van der Waals surface area (Å²) in [6, 6.07) is -2.08. The maximum atomic E-state index is 11.4. The zero-order chi connectivity index (χ0) is 15.2. The summed E-state index contributed by atoms with van der Waals surface area (Å²) in [5.74, 6) is -6.59. The average Bonchev–Trinajstić information content (AvgIpc) is 2.27. The fourth-order valence-electron chi connectivity index (χ4n) is 1.07. The van der Waals surface area contributed by atoms with Crippen LogP contribution in [-0.4, -0.2) is 61.4 Å². The summed E-state index contributed by atoms with van der Waals surface area (Å²) >= 11 is 0. The van der Waals surface area contributed by atoms with Crippen LogP contribution in [0, 0.1) is 4.91 Å². The Morgan fingerprint density at radius 3 is 1.84 bits per heavy atom. The Morgan fingerprint density at radius 1 is 1.00 bits per heavy atom. The van der Waals surface area contributed by atoms with E-state index in [1.807, 2.05) is 0 Å². The minimum atomic E-state index is -2.16. The number of carboxylic acids is 3. The highest BCUT2D eigenvalue weighted by atomic mass is 16.4. The zero-order valence-corrected chi connectivity index (χ0v) is 9.29. The first-order valence-electron chi connectivity index (χ1n) is 4.71. The largest absolute Gasteiger partial charge is 0.481 e. The van der Waals surface area contributed by atoms with Gasteiger partial charge in [-0.1, -0.05) is 0 Å². The lowest BCUT2D eigenvalue weighted by Gasteiger charge is -2.20. The van der Waals surface area contributed by atoms with E-state index in [-0.39, 0.29) is 5.01 Å². The lowest BCUT2D eigenvalue weighted by molar-refractivity contribution is -0.157. The summed E-state index contributed by atoms with van der Waals surface area (Å²) in [6.07, 6.45) is -4.36. The van der Waals surface area contributed by atoms with E-state index in [1.54, 1.807) is 0 Å². The molecule has 0 aromatic rings. The van der Waals surface area contributed by atoms with Gasteiger partial charge in [0, 0.05) is 0 Å². The van der Waals surface area contributed by atoms with Crippen molar-refractivity contribution < 1.29 is 39.6 Å². The molecule has 19 heavy (non-hydrogen) atoms. The van der Waals surface area contributed by atoms with E-state index in [4.69, 9.17) is 20.4 Å². The predicted octanol–water partition coefficient (Wildman–Crippen LogP) is -1.74. The first-order valence-corrected chi connectivity index (χ1v) is 4.71. The lowest BCUT2D eigenvalue weighted by Crippen LogP contribution is -2.44. The van der Waals surface area contributed by atoms with E-state index < -0.39 is 48.8 Å². The Balaban J connectivity index is 4.99. The van der Waals surface area contributed by atoms with Crippen molar-refractivity contribution in [3.8, 4) is 0 Å². The van der Waals surface area contributed by atoms with Gasteiger partial charge >= 0.3 is 17.9 Å². The standard InChI is InChI=1S/C8H10N2O9/c11-4(8(17)18)2-5(12)10(9-19)3(7(15)16)1-6(13)14/h3-4,11H,1-2H2,(H,13,14)(H,15,16)(H,17,18). The molecular formula is C8H10N2O9. The molecule has 0 aromatic heterocycles. The highest BCUT2D eigenvalue weighted by Gasteiger charge is 2.34. The van der Waals surface area contributed by atoms with Crippen molar-refractivity contribution >= 4 is 23.8 Å². The molecular weight excluding hydrogens is 268 g/mol. The highest BCUT2D eigenvalue weighted by molar-refractivity contribution is 5.88. The molecule has 0 rings (SSSR count). The van der Waals surface area contributed by atoms with Gasteiger partial charge in [0.1, 0.15) is 0 Å². The van der Waals surface area contributed by atoms with Crippen LogP contribution in [-0.2, 0) is 19.2 Å². The van der Waals surface area contributed by atoms with Crippen molar-refractivity contribution in [3.63, 3.8) is 0 Å². The Morgan fingerprint density at radius 2 is 1.53 bits per heavy atom. The summed E-state index contributed by atoms with van der Waals surface area (Å²) in [5.41, 5.74) is 0. The van der Waals surface area contributed by atoms with Crippen LogP contribution < -0.4 is 0 Å². The summed E-state index contributed by atoms with van der Waals surface area (Å²) in [4.78, 5) is 53.2. The molecule has 0 saturated carbocycles. The Hall–Kier alpha value is -2.56. The van der Waals surface area contributed by atoms with Gasteiger partial charge in [-0.15, -0.1) is 4.91 Å². The second kappa shape index (κ2) is 7.00. The zero-order valence-electron chi connectivity index (χ0n) is 9.29. The smallest absolute Gasteiger partial charge is 0.333 e. The molecule has 0 radical (unpaired) electrons. The number of carboxylic acid groups (broad SMARTS) is 3. The quantitative estimate of drug-likeness (QED) is 0.295. The fourth-order valence-corrected chi connectivity index (χ4v) is 1.07. The molecule has 0 aliphatic carbocycles. The van der Waals surface area contributed by atoms with Crippen LogP contribution in [0.5, 0.6) is 0 Å². The lowest BCUT2D eigenvalue weighted by atomic mass is 10.1. The molecule has 0 spiro atoms. The maximum Gasteiger partial charge on any atom is 0.333 e. The highest BCUT2D eigenvalue weighted by Crippen LogP contribution is 2.10. The molecule has 4 N–H and O–H groups in total. The van der Waals surface area contributed by atoms with Gasteiger partial charge in [-0.05, 0) is 0 Å². The van der Waals surface area contributed by atoms with E-state index in [0.717, 1.165) is 0 Å². The normalized spacial score (nSPS) is 13.1. The van der Waals surface area contributed by atoms with Gasteiger partial charge in [0.05, 0.1) is 18.1 Å². The SMILES string of the molecule is O=NN(C(=O)CC(O)C(=O)O)C(CC(=O)O)C(=O)O. The molecule has 0 saturated heterocycles. The minimum absolute atomic E-state index is 0.220. The molecule has 106 valence electrons. The van der Waals surface area contributed by atoms with Crippen LogP contribution in [0.1, 0.15) is 12.8 Å². The van der Waals surface area contributed by atoms with Crippen molar-refractivity contribution in [1.82, 2.24) is 5.01 Å². The number of aliphatic carboxylic acids is 3. The van der Waals surface area contributed by atoms with Gasteiger partial charge in [-0.3, -0.25) is 9.59 Å². The first kappa shape index (κ1) is 16.4. The molecule has 11 nitrogen and oxygen atoms in total. The van der Waals surface area contributed by atoms with Gasteiger partial charge in [-0.25, -0.2) is 9.59 Å². The summed E-state index contributed by atoms with van der Waals surface area (Å²) in [5, 5.41) is 36.2. The molecule has 0 heterocycles. The third kappa shape index (κ3) is 5.08. The number of rotatable bonds is 8. The number of aliphatic hydroxyl groups excluding tert-OH is 1. The second-order valence-electron chi connectivity index (χ2n) is 3.33. The van der Waals surface area contributed by atoms with Crippen LogP contribution in [0.4, 0.5) is 0 Å². The van der Waals surface area contributed by atoms with Gasteiger partial charge < -0.3 is 20.4 Å². The number of carbonyl (C=O) groups is 4. The molecule has 11 heteroatoms. The molecule has 1 amide bonds. The molecule has 0 bridgehead atoms. The van der Waals surface area contributed by atoms with Crippen molar-refractivity contribution in [2.24, 2.45) is 5.29 Å². The van der Waals surface area contributed by atoms with Crippen molar-refractivity contribution in [3.05, 3.63) is 4.91 Å². The summed E-state index contributed by atoms with van der Waals surface area (Å²) in [7, 11) is 0. The van der Waals surface area contributed by atoms with E-state index >= 15 is 0 Å². The summed E-state index contributed by atoms with van der Waals surface area (Å²) < 4.78 is 0. The monoisotopic (exact) mass is 278 g/mol. The Bertz CT molecular complexity index is 407. The number of carbonyl (C=O) groups excluding carboxylic acids is 1. The van der Waals surface area contributed by atoms with Gasteiger partial charge in [-0.2, -0.15) is 5.01 Å². The van der Waals surface area contributed by atoms with Gasteiger partial charge in [0.25, 0.3) is 0 Å². The Kier molecular flexibility index (Phi) is 6.06. The number of nitrogens with zero attached hydrogens (tertiary/aromatic N) is 2. The first-order chi connectivity index (χ1) is 8.70. The number of amides is 1. The number of hydrogen-bond donors (Lipinski definition) is 4. The third-order valence-electron chi connectivity index (χ3n) is 1.94. The number of aliphatic hydroxyl groups is 1. The molecule has 2 atom stereocenters. The second-order valence-corrected chi connectivity index (χ2v) is 3.33.